The highest BCUT2D eigenvalue weighted by Gasteiger charge is 2.20. The fourth-order valence-electron chi connectivity index (χ4n) is 4.20. The summed E-state index contributed by atoms with van der Waals surface area (Å²) in [4.78, 5) is 16.0. The van der Waals surface area contributed by atoms with E-state index in [9.17, 15) is 13.5 Å². The van der Waals surface area contributed by atoms with E-state index in [2.05, 4.69) is 24.9 Å². The zero-order chi connectivity index (χ0) is 26.5. The Bertz CT molecular complexity index is 1530. The molecule has 5 rings (SSSR count). The van der Waals surface area contributed by atoms with Gasteiger partial charge in [-0.3, -0.25) is 4.72 Å². The van der Waals surface area contributed by atoms with Crippen LogP contribution >= 0.6 is 0 Å². The number of aliphatic hydroxyl groups is 1. The van der Waals surface area contributed by atoms with Crippen LogP contribution in [0.25, 0.3) is 22.0 Å². The largest absolute Gasteiger partial charge is 0.480 e. The van der Waals surface area contributed by atoms with Crippen molar-refractivity contribution in [2.75, 3.05) is 61.5 Å². The lowest BCUT2D eigenvalue weighted by Gasteiger charge is -2.29. The van der Waals surface area contributed by atoms with Gasteiger partial charge >= 0.3 is 0 Å². The number of aromatic nitrogens is 3. The number of methoxy groups -OCH3 is 1. The number of aliphatic hydroxyl groups excluding tert-OH is 1. The quantitative estimate of drug-likeness (QED) is 0.293. The molecule has 38 heavy (non-hydrogen) atoms. The molecular weight excluding hydrogens is 508 g/mol. The van der Waals surface area contributed by atoms with Crippen LogP contribution in [0.4, 0.5) is 17.5 Å². The van der Waals surface area contributed by atoms with Crippen molar-refractivity contribution in [1.29, 1.82) is 0 Å². The minimum absolute atomic E-state index is 0.0337. The molecule has 2 aromatic carbocycles. The maximum atomic E-state index is 13.0. The van der Waals surface area contributed by atoms with Gasteiger partial charge in [0.25, 0.3) is 10.0 Å². The Morgan fingerprint density at radius 1 is 1.05 bits per heavy atom. The van der Waals surface area contributed by atoms with Crippen LogP contribution in [0.15, 0.2) is 65.7 Å². The first kappa shape index (κ1) is 25.6. The van der Waals surface area contributed by atoms with Crippen molar-refractivity contribution in [3.8, 4) is 17.0 Å². The molecule has 1 aliphatic rings. The summed E-state index contributed by atoms with van der Waals surface area (Å²) in [5.41, 5.74) is 2.45. The number of hydrogen-bond acceptors (Lipinski definition) is 10. The normalized spacial score (nSPS) is 13.9. The number of rotatable bonds is 9. The third-order valence-corrected chi connectivity index (χ3v) is 7.44. The first-order valence-electron chi connectivity index (χ1n) is 12.1. The van der Waals surface area contributed by atoms with Crippen LogP contribution in [0.3, 0.4) is 0 Å². The molecule has 0 aliphatic carbocycles. The lowest BCUT2D eigenvalue weighted by atomic mass is 10.0. The summed E-state index contributed by atoms with van der Waals surface area (Å²) in [6.45, 7) is 2.87. The van der Waals surface area contributed by atoms with Gasteiger partial charge in [0.1, 0.15) is 11.5 Å². The molecule has 1 fully saturated rings. The number of sulfonamides is 1. The molecule has 3 N–H and O–H groups in total. The van der Waals surface area contributed by atoms with Crippen LogP contribution in [-0.4, -0.2) is 75.0 Å². The van der Waals surface area contributed by atoms with Crippen LogP contribution in [0.1, 0.15) is 0 Å². The van der Waals surface area contributed by atoms with Crippen molar-refractivity contribution in [2.45, 2.75) is 4.90 Å². The molecule has 3 heterocycles. The number of pyridine rings is 1. The molecule has 11 nitrogen and oxygen atoms in total. The van der Waals surface area contributed by atoms with Gasteiger partial charge in [0.2, 0.25) is 11.8 Å². The number of hydrogen-bond donors (Lipinski definition) is 3. The highest BCUT2D eigenvalue weighted by atomic mass is 32.2. The standard InChI is InChI=1S/C26H28N6O5S/c1-36-25-23(31-38(34,35)20-5-3-2-4-6-20)16-19(17-28-25)18-7-8-22-21(15-18)24(32-10-13-37-14-11-32)30-26(29-22)27-9-12-33/h2-8,15-17,31,33H,9-14H2,1H3,(H,27,29,30). The number of benzene rings is 2. The average molecular weight is 537 g/mol. The van der Waals surface area contributed by atoms with Crippen LogP contribution in [-0.2, 0) is 14.8 Å². The number of nitrogens with zero attached hydrogens (tertiary/aromatic N) is 4. The third kappa shape index (κ3) is 5.47. The smallest absolute Gasteiger partial charge is 0.262 e. The van der Waals surface area contributed by atoms with Gasteiger partial charge in [-0.1, -0.05) is 24.3 Å². The molecule has 1 saturated heterocycles. The number of anilines is 3. The molecule has 0 bridgehead atoms. The van der Waals surface area contributed by atoms with E-state index in [0.717, 1.165) is 22.3 Å². The minimum atomic E-state index is -3.85. The van der Waals surface area contributed by atoms with E-state index in [4.69, 9.17) is 14.5 Å². The topological polar surface area (TPSA) is 139 Å². The molecular formula is C26H28N6O5S. The number of nitrogens with one attached hydrogen (secondary N) is 2. The maximum absolute atomic E-state index is 13.0. The van der Waals surface area contributed by atoms with Gasteiger partial charge < -0.3 is 24.8 Å². The summed E-state index contributed by atoms with van der Waals surface area (Å²) in [7, 11) is -2.41. The molecule has 0 saturated carbocycles. The monoisotopic (exact) mass is 536 g/mol. The van der Waals surface area contributed by atoms with Gasteiger partial charge in [0, 0.05) is 36.8 Å². The van der Waals surface area contributed by atoms with E-state index < -0.39 is 10.0 Å². The van der Waals surface area contributed by atoms with Gasteiger partial charge in [-0.2, -0.15) is 4.98 Å². The Balaban J connectivity index is 1.55. The van der Waals surface area contributed by atoms with E-state index in [0.29, 0.717) is 44.4 Å². The van der Waals surface area contributed by atoms with Gasteiger partial charge in [0.15, 0.2) is 0 Å². The Hall–Kier alpha value is -4.00. The zero-order valence-electron chi connectivity index (χ0n) is 20.8. The predicted octanol–water partition coefficient (Wildman–Crippen LogP) is 2.74. The minimum Gasteiger partial charge on any atom is -0.480 e. The Morgan fingerprint density at radius 3 is 2.58 bits per heavy atom. The van der Waals surface area contributed by atoms with Crippen molar-refractivity contribution >= 4 is 38.4 Å². The average Bonchev–Trinajstić information content (AvgIpc) is 2.96. The predicted molar refractivity (Wildman–Crippen MR) is 145 cm³/mol. The van der Waals surface area contributed by atoms with E-state index in [-0.39, 0.29) is 23.1 Å². The molecule has 12 heteroatoms. The van der Waals surface area contributed by atoms with Crippen molar-refractivity contribution in [1.82, 2.24) is 15.0 Å². The summed E-state index contributed by atoms with van der Waals surface area (Å²) in [5, 5.41) is 13.1. The molecule has 2 aromatic heterocycles. The molecule has 0 unspecified atom stereocenters. The lowest BCUT2D eigenvalue weighted by Crippen LogP contribution is -2.37. The van der Waals surface area contributed by atoms with E-state index in [1.165, 1.54) is 19.2 Å². The number of fused-ring (bicyclic) bond motifs is 1. The molecule has 0 spiro atoms. The van der Waals surface area contributed by atoms with E-state index in [1.807, 2.05) is 18.2 Å². The fourth-order valence-corrected chi connectivity index (χ4v) is 5.27. The van der Waals surface area contributed by atoms with Crippen LogP contribution in [0.5, 0.6) is 5.88 Å². The van der Waals surface area contributed by atoms with Crippen LogP contribution < -0.4 is 19.7 Å². The fraction of sp³-hybridized carbons (Fsp3) is 0.269. The van der Waals surface area contributed by atoms with Gasteiger partial charge in [-0.25, -0.2) is 18.4 Å². The second-order valence-corrected chi connectivity index (χ2v) is 10.2. The van der Waals surface area contributed by atoms with E-state index in [1.54, 1.807) is 30.5 Å². The van der Waals surface area contributed by atoms with Crippen LogP contribution in [0.2, 0.25) is 0 Å². The SMILES string of the molecule is COc1ncc(-c2ccc3nc(NCCO)nc(N4CCOCC4)c3c2)cc1NS(=O)(=O)c1ccccc1. The zero-order valence-corrected chi connectivity index (χ0v) is 21.6. The van der Waals surface area contributed by atoms with Crippen molar-refractivity contribution in [3.63, 3.8) is 0 Å². The summed E-state index contributed by atoms with van der Waals surface area (Å²) in [5.74, 6) is 1.35. The lowest BCUT2D eigenvalue weighted by molar-refractivity contribution is 0.122. The second kappa shape index (κ2) is 11.2. The molecule has 4 aromatic rings. The highest BCUT2D eigenvalue weighted by molar-refractivity contribution is 7.92. The highest BCUT2D eigenvalue weighted by Crippen LogP contribution is 2.34. The molecule has 0 atom stereocenters. The summed E-state index contributed by atoms with van der Waals surface area (Å²) in [6.07, 6.45) is 1.63. The van der Waals surface area contributed by atoms with Crippen molar-refractivity contribution in [2.24, 2.45) is 0 Å². The van der Waals surface area contributed by atoms with Gasteiger partial charge in [0.05, 0.1) is 37.3 Å². The Kier molecular flexibility index (Phi) is 7.54. The van der Waals surface area contributed by atoms with E-state index >= 15 is 0 Å². The number of morpholine rings is 1. The number of ether oxygens (including phenoxy) is 2. The summed E-state index contributed by atoms with van der Waals surface area (Å²) in [6, 6.07) is 15.6. The summed E-state index contributed by atoms with van der Waals surface area (Å²) < 4.78 is 39.4. The Labute approximate surface area is 220 Å². The second-order valence-electron chi connectivity index (χ2n) is 8.55. The third-order valence-electron chi connectivity index (χ3n) is 6.06. The van der Waals surface area contributed by atoms with Crippen LogP contribution in [0, 0.1) is 0 Å². The van der Waals surface area contributed by atoms with Crippen molar-refractivity contribution < 1.29 is 23.0 Å². The van der Waals surface area contributed by atoms with Crippen molar-refractivity contribution in [3.05, 3.63) is 60.8 Å². The molecule has 1 aliphatic heterocycles. The summed E-state index contributed by atoms with van der Waals surface area (Å²) >= 11 is 0. The Morgan fingerprint density at radius 2 is 1.84 bits per heavy atom. The van der Waals surface area contributed by atoms with Gasteiger partial charge in [-0.15, -0.1) is 0 Å². The molecule has 198 valence electrons. The maximum Gasteiger partial charge on any atom is 0.262 e. The van der Waals surface area contributed by atoms with Gasteiger partial charge in [-0.05, 0) is 35.9 Å². The molecule has 0 amide bonds. The first-order valence-corrected chi connectivity index (χ1v) is 13.6. The molecule has 0 radical (unpaired) electrons. The first-order chi connectivity index (χ1) is 18.5.